The summed E-state index contributed by atoms with van der Waals surface area (Å²) in [7, 11) is 0. The van der Waals surface area contributed by atoms with E-state index in [1.165, 1.54) is 12.1 Å². The first-order valence-corrected chi connectivity index (χ1v) is 9.33. The van der Waals surface area contributed by atoms with Crippen molar-refractivity contribution in [3.8, 4) is 23.0 Å². The van der Waals surface area contributed by atoms with Gasteiger partial charge in [0.1, 0.15) is 47.3 Å². The predicted molar refractivity (Wildman–Crippen MR) is 99.9 cm³/mol. The molecule has 2 atom stereocenters. The van der Waals surface area contributed by atoms with Crippen LogP contribution in [0.15, 0.2) is 45.8 Å². The van der Waals surface area contributed by atoms with E-state index in [1.54, 1.807) is 0 Å². The number of halogens is 1. The van der Waals surface area contributed by atoms with Gasteiger partial charge in [0.15, 0.2) is 5.58 Å². The minimum absolute atomic E-state index is 0.0551. The molecule has 0 aliphatic carbocycles. The number of ether oxygens (including phenoxy) is 1. The highest BCUT2D eigenvalue weighted by molar-refractivity contribution is 5.88. The summed E-state index contributed by atoms with van der Waals surface area (Å²) in [6.45, 7) is 0.624. The molecule has 2 aromatic carbocycles. The van der Waals surface area contributed by atoms with Crippen molar-refractivity contribution >= 4 is 16.9 Å². The number of phenolic OH excluding ortho intramolecular Hbond substituents is 2. The average Bonchev–Trinajstić information content (AvgIpc) is 3.17. The van der Waals surface area contributed by atoms with Crippen LogP contribution in [0.5, 0.6) is 23.0 Å². The van der Waals surface area contributed by atoms with Crippen LogP contribution >= 0.6 is 0 Å². The van der Waals surface area contributed by atoms with Gasteiger partial charge in [0, 0.05) is 18.9 Å². The SMILES string of the molecule is O=C([O-])[C@H]1CCC[NH+]1Cc1c(O)cc(O)c2c(=O)c(Oc3ccc(F)cc3)coc12. The van der Waals surface area contributed by atoms with Crippen LogP contribution in [-0.2, 0) is 11.3 Å². The van der Waals surface area contributed by atoms with Crippen molar-refractivity contribution in [3.63, 3.8) is 0 Å². The molecule has 156 valence electrons. The summed E-state index contributed by atoms with van der Waals surface area (Å²) in [4.78, 5) is 24.9. The number of aliphatic carboxylic acids is 1. The van der Waals surface area contributed by atoms with Gasteiger partial charge in [-0.3, -0.25) is 4.79 Å². The summed E-state index contributed by atoms with van der Waals surface area (Å²) in [6, 6.07) is 5.27. The van der Waals surface area contributed by atoms with Gasteiger partial charge in [0.25, 0.3) is 0 Å². The lowest BCUT2D eigenvalue weighted by Crippen LogP contribution is -3.14. The third-order valence-corrected chi connectivity index (χ3v) is 5.29. The molecule has 3 N–H and O–H groups in total. The number of hydrogen-bond acceptors (Lipinski definition) is 7. The van der Waals surface area contributed by atoms with Crippen molar-refractivity contribution in [1.29, 1.82) is 0 Å². The smallest absolute Gasteiger partial charge is 0.238 e. The zero-order valence-corrected chi connectivity index (χ0v) is 15.7. The average molecular weight is 415 g/mol. The molecule has 9 heteroatoms. The Balaban J connectivity index is 1.75. The minimum Gasteiger partial charge on any atom is -0.544 e. The van der Waals surface area contributed by atoms with Crippen molar-refractivity contribution in [3.05, 3.63) is 58.2 Å². The fourth-order valence-electron chi connectivity index (χ4n) is 3.82. The van der Waals surface area contributed by atoms with Crippen LogP contribution in [-0.4, -0.2) is 28.8 Å². The van der Waals surface area contributed by atoms with Crippen molar-refractivity contribution in [2.24, 2.45) is 0 Å². The van der Waals surface area contributed by atoms with Crippen molar-refractivity contribution < 1.29 is 38.6 Å². The van der Waals surface area contributed by atoms with E-state index in [-0.39, 0.29) is 40.3 Å². The molecule has 1 aliphatic rings. The summed E-state index contributed by atoms with van der Waals surface area (Å²) in [6.07, 6.45) is 2.17. The molecule has 3 aromatic rings. The van der Waals surface area contributed by atoms with E-state index in [0.717, 1.165) is 24.5 Å². The number of quaternary nitrogens is 1. The number of rotatable bonds is 5. The maximum Gasteiger partial charge on any atom is 0.238 e. The van der Waals surface area contributed by atoms with Gasteiger partial charge in [-0.05, 0) is 24.3 Å². The van der Waals surface area contributed by atoms with E-state index in [4.69, 9.17) is 9.15 Å². The molecule has 0 saturated carbocycles. The third kappa shape index (κ3) is 3.55. The van der Waals surface area contributed by atoms with Crippen LogP contribution in [0.1, 0.15) is 18.4 Å². The van der Waals surface area contributed by atoms with Gasteiger partial charge >= 0.3 is 0 Å². The summed E-state index contributed by atoms with van der Waals surface area (Å²) < 4.78 is 24.0. The fraction of sp³-hybridized carbons (Fsp3) is 0.238. The molecular formula is C21H18FNO7. The summed E-state index contributed by atoms with van der Waals surface area (Å²) in [5.74, 6) is -2.50. The van der Waals surface area contributed by atoms with Gasteiger partial charge < -0.3 is 34.2 Å². The Morgan fingerprint density at radius 2 is 2.00 bits per heavy atom. The number of likely N-dealkylation sites (tertiary alicyclic amines) is 1. The van der Waals surface area contributed by atoms with Gasteiger partial charge in [-0.1, -0.05) is 0 Å². The number of fused-ring (bicyclic) bond motifs is 1. The van der Waals surface area contributed by atoms with E-state index in [0.29, 0.717) is 24.3 Å². The Morgan fingerprint density at radius 3 is 2.70 bits per heavy atom. The molecule has 1 fully saturated rings. The molecule has 4 rings (SSSR count). The number of nitrogens with one attached hydrogen (secondary N) is 1. The van der Waals surface area contributed by atoms with E-state index in [9.17, 15) is 29.3 Å². The van der Waals surface area contributed by atoms with Crippen LogP contribution in [0, 0.1) is 5.82 Å². The Bertz CT molecular complexity index is 1170. The maximum atomic E-state index is 13.1. The number of carboxylic acids is 1. The molecule has 2 heterocycles. The Kier molecular flexibility index (Phi) is 5.04. The summed E-state index contributed by atoms with van der Waals surface area (Å²) in [5.41, 5.74) is -0.538. The largest absolute Gasteiger partial charge is 0.544 e. The van der Waals surface area contributed by atoms with Crippen molar-refractivity contribution in [2.45, 2.75) is 25.4 Å². The second-order valence-electron chi connectivity index (χ2n) is 7.18. The van der Waals surface area contributed by atoms with Crippen LogP contribution in [0.4, 0.5) is 4.39 Å². The lowest BCUT2D eigenvalue weighted by Gasteiger charge is -2.23. The first-order chi connectivity index (χ1) is 14.3. The molecular weight excluding hydrogens is 397 g/mol. The zero-order valence-electron chi connectivity index (χ0n) is 15.7. The molecule has 1 saturated heterocycles. The standard InChI is InChI=1S/C21H18FNO7/c22-11-3-5-12(6-4-11)30-17-10-29-20-13(9-23-7-1-2-14(23)21(27)28)15(24)8-16(25)18(20)19(17)26/h3-6,8,10,14,24-25H,1-2,7,9H2,(H,27,28)/t14-/m1/s1. The normalized spacial score (nSPS) is 18.6. The van der Waals surface area contributed by atoms with Gasteiger partial charge in [-0.25, -0.2) is 4.39 Å². The number of aromatic hydroxyl groups is 2. The highest BCUT2D eigenvalue weighted by Crippen LogP contribution is 2.34. The number of carboxylic acid groups (broad SMARTS) is 1. The number of carbonyl (C=O) groups excluding carboxylic acids is 1. The number of hydrogen-bond donors (Lipinski definition) is 3. The Morgan fingerprint density at radius 1 is 1.27 bits per heavy atom. The highest BCUT2D eigenvalue weighted by atomic mass is 19.1. The molecule has 1 aromatic heterocycles. The quantitative estimate of drug-likeness (QED) is 0.552. The van der Waals surface area contributed by atoms with Gasteiger partial charge in [-0.15, -0.1) is 0 Å². The molecule has 1 aliphatic heterocycles. The first kappa shape index (κ1) is 19.7. The molecule has 0 bridgehead atoms. The van der Waals surface area contributed by atoms with Crippen LogP contribution in [0.2, 0.25) is 0 Å². The summed E-state index contributed by atoms with van der Waals surface area (Å²) >= 11 is 0. The van der Waals surface area contributed by atoms with Crippen molar-refractivity contribution in [1.82, 2.24) is 0 Å². The van der Waals surface area contributed by atoms with E-state index < -0.39 is 29.0 Å². The van der Waals surface area contributed by atoms with Crippen molar-refractivity contribution in [2.75, 3.05) is 6.54 Å². The second-order valence-corrected chi connectivity index (χ2v) is 7.18. The number of phenols is 2. The zero-order chi connectivity index (χ0) is 21.4. The third-order valence-electron chi connectivity index (χ3n) is 5.29. The lowest BCUT2D eigenvalue weighted by atomic mass is 10.1. The van der Waals surface area contributed by atoms with E-state index >= 15 is 0 Å². The Labute approximate surface area is 169 Å². The number of carbonyl (C=O) groups is 1. The molecule has 30 heavy (non-hydrogen) atoms. The highest BCUT2D eigenvalue weighted by Gasteiger charge is 2.32. The molecule has 0 amide bonds. The Hall–Kier alpha value is -3.59. The van der Waals surface area contributed by atoms with Crippen LogP contribution in [0.3, 0.4) is 0 Å². The fourth-order valence-corrected chi connectivity index (χ4v) is 3.82. The minimum atomic E-state index is -1.18. The molecule has 8 nitrogen and oxygen atoms in total. The van der Waals surface area contributed by atoms with E-state index in [1.807, 2.05) is 0 Å². The molecule has 1 unspecified atom stereocenters. The summed E-state index contributed by atoms with van der Waals surface area (Å²) in [5, 5.41) is 31.7. The lowest BCUT2D eigenvalue weighted by molar-refractivity contribution is -0.919. The van der Waals surface area contributed by atoms with Gasteiger partial charge in [-0.2, -0.15) is 0 Å². The van der Waals surface area contributed by atoms with Gasteiger partial charge in [0.2, 0.25) is 11.2 Å². The monoisotopic (exact) mass is 415 g/mol. The second kappa shape index (κ2) is 7.68. The van der Waals surface area contributed by atoms with Gasteiger partial charge in [0.05, 0.1) is 18.1 Å². The van der Waals surface area contributed by atoms with E-state index in [2.05, 4.69) is 0 Å². The first-order valence-electron chi connectivity index (χ1n) is 9.33. The number of benzene rings is 2. The predicted octanol–water partition coefficient (Wildman–Crippen LogP) is 0.433. The molecule has 0 spiro atoms. The molecule has 0 radical (unpaired) electrons. The van der Waals surface area contributed by atoms with Crippen LogP contribution < -0.4 is 20.2 Å². The maximum absolute atomic E-state index is 13.1. The topological polar surface area (TPSA) is 124 Å². The van der Waals surface area contributed by atoms with Crippen LogP contribution in [0.25, 0.3) is 11.0 Å².